The highest BCUT2D eigenvalue weighted by molar-refractivity contribution is 7.17. The summed E-state index contributed by atoms with van der Waals surface area (Å²) in [6, 6.07) is 3.69. The molecule has 0 spiro atoms. The van der Waals surface area contributed by atoms with E-state index in [0.717, 1.165) is 5.76 Å². The van der Waals surface area contributed by atoms with Crippen molar-refractivity contribution < 1.29 is 19.1 Å². The average Bonchev–Trinajstić information content (AvgIpc) is 3.16. The Morgan fingerprint density at radius 1 is 1.35 bits per heavy atom. The average molecular weight is 334 g/mol. The summed E-state index contributed by atoms with van der Waals surface area (Å²) >= 11 is 1.29. The molecule has 3 rings (SSSR count). The van der Waals surface area contributed by atoms with E-state index >= 15 is 0 Å². The SMILES string of the molecule is Cc1ccc(-c2nc(C)c(C(=O)N3C[C@@H](C)[C@H](C(=O)O)C3)s2)o1. The van der Waals surface area contributed by atoms with Gasteiger partial charge in [0, 0.05) is 13.1 Å². The molecule has 7 heteroatoms. The first-order valence-electron chi connectivity index (χ1n) is 7.43. The third kappa shape index (κ3) is 2.88. The molecule has 0 aromatic carbocycles. The van der Waals surface area contributed by atoms with E-state index in [4.69, 9.17) is 4.42 Å². The van der Waals surface area contributed by atoms with Gasteiger partial charge in [0.15, 0.2) is 10.8 Å². The number of nitrogens with zero attached hydrogens (tertiary/aromatic N) is 2. The Hall–Kier alpha value is -2.15. The topological polar surface area (TPSA) is 83.6 Å². The number of likely N-dealkylation sites (tertiary alicyclic amines) is 1. The van der Waals surface area contributed by atoms with E-state index in [2.05, 4.69) is 4.98 Å². The second-order valence-corrected chi connectivity index (χ2v) is 6.98. The number of hydrogen-bond acceptors (Lipinski definition) is 5. The molecule has 2 aromatic heterocycles. The third-order valence-electron chi connectivity index (χ3n) is 4.16. The van der Waals surface area contributed by atoms with E-state index in [1.807, 2.05) is 26.0 Å². The molecule has 1 aliphatic heterocycles. The lowest BCUT2D eigenvalue weighted by atomic mass is 9.99. The number of furan rings is 1. The predicted molar refractivity (Wildman–Crippen MR) is 85.5 cm³/mol. The molecule has 0 unspecified atom stereocenters. The first-order valence-corrected chi connectivity index (χ1v) is 8.24. The first kappa shape index (κ1) is 15.7. The zero-order valence-corrected chi connectivity index (χ0v) is 14.0. The van der Waals surface area contributed by atoms with Gasteiger partial charge in [0.1, 0.15) is 10.6 Å². The Morgan fingerprint density at radius 2 is 2.09 bits per heavy atom. The summed E-state index contributed by atoms with van der Waals surface area (Å²) in [5, 5.41) is 9.87. The number of carbonyl (C=O) groups is 2. The summed E-state index contributed by atoms with van der Waals surface area (Å²) in [6.45, 7) is 6.22. The van der Waals surface area contributed by atoms with Crippen LogP contribution in [0.3, 0.4) is 0 Å². The Kier molecular flexibility index (Phi) is 3.97. The summed E-state index contributed by atoms with van der Waals surface area (Å²) in [5.41, 5.74) is 0.649. The molecule has 1 saturated heterocycles. The van der Waals surface area contributed by atoms with Crippen LogP contribution in [0.4, 0.5) is 0 Å². The number of aromatic nitrogens is 1. The van der Waals surface area contributed by atoms with Gasteiger partial charge < -0.3 is 14.4 Å². The Balaban J connectivity index is 1.83. The van der Waals surface area contributed by atoms with Gasteiger partial charge in [0.05, 0.1) is 11.6 Å². The van der Waals surface area contributed by atoms with E-state index in [-0.39, 0.29) is 18.4 Å². The fourth-order valence-corrected chi connectivity index (χ4v) is 3.84. The van der Waals surface area contributed by atoms with Crippen molar-refractivity contribution in [1.29, 1.82) is 0 Å². The quantitative estimate of drug-likeness (QED) is 0.933. The van der Waals surface area contributed by atoms with Gasteiger partial charge in [-0.1, -0.05) is 6.92 Å². The van der Waals surface area contributed by atoms with Crippen molar-refractivity contribution in [3.8, 4) is 10.8 Å². The van der Waals surface area contributed by atoms with Gasteiger partial charge in [0.25, 0.3) is 5.91 Å². The number of carboxylic acids is 1. The molecule has 0 saturated carbocycles. The maximum absolute atomic E-state index is 12.7. The first-order chi connectivity index (χ1) is 10.9. The van der Waals surface area contributed by atoms with Crippen molar-refractivity contribution in [2.75, 3.05) is 13.1 Å². The van der Waals surface area contributed by atoms with Gasteiger partial charge in [-0.05, 0) is 31.9 Å². The van der Waals surface area contributed by atoms with Gasteiger partial charge in [-0.2, -0.15) is 0 Å². The molecule has 1 aliphatic rings. The number of carboxylic acid groups (broad SMARTS) is 1. The molecule has 0 radical (unpaired) electrons. The van der Waals surface area contributed by atoms with Crippen LogP contribution in [0.1, 0.15) is 28.0 Å². The Morgan fingerprint density at radius 3 is 2.65 bits per heavy atom. The van der Waals surface area contributed by atoms with Gasteiger partial charge in [-0.25, -0.2) is 4.98 Å². The second kappa shape index (κ2) is 5.81. The van der Waals surface area contributed by atoms with E-state index in [0.29, 0.717) is 27.9 Å². The van der Waals surface area contributed by atoms with Gasteiger partial charge in [0.2, 0.25) is 0 Å². The molecule has 3 heterocycles. The number of hydrogen-bond donors (Lipinski definition) is 1. The minimum atomic E-state index is -0.847. The number of aliphatic carboxylic acids is 1. The molecule has 0 aliphatic carbocycles. The molecule has 1 fully saturated rings. The van der Waals surface area contributed by atoms with Crippen LogP contribution in [0.5, 0.6) is 0 Å². The van der Waals surface area contributed by atoms with Crippen molar-refractivity contribution in [3.63, 3.8) is 0 Å². The monoisotopic (exact) mass is 334 g/mol. The Labute approximate surface area is 137 Å². The molecule has 122 valence electrons. The highest BCUT2D eigenvalue weighted by Crippen LogP contribution is 2.32. The van der Waals surface area contributed by atoms with Crippen molar-refractivity contribution in [2.45, 2.75) is 20.8 Å². The van der Waals surface area contributed by atoms with Crippen molar-refractivity contribution >= 4 is 23.2 Å². The number of aryl methyl sites for hydroxylation is 2. The van der Waals surface area contributed by atoms with Crippen molar-refractivity contribution in [2.24, 2.45) is 11.8 Å². The predicted octanol–water partition coefficient (Wildman–Crippen LogP) is 2.81. The Bertz CT molecular complexity index is 764. The van der Waals surface area contributed by atoms with Crippen LogP contribution in [-0.2, 0) is 4.79 Å². The van der Waals surface area contributed by atoms with Crippen LogP contribution in [-0.4, -0.2) is 40.0 Å². The molecule has 23 heavy (non-hydrogen) atoms. The number of carbonyl (C=O) groups excluding carboxylic acids is 1. The molecular weight excluding hydrogens is 316 g/mol. The summed E-state index contributed by atoms with van der Waals surface area (Å²) in [4.78, 5) is 30.5. The van der Waals surface area contributed by atoms with E-state index in [1.165, 1.54) is 11.3 Å². The van der Waals surface area contributed by atoms with Crippen LogP contribution in [0, 0.1) is 25.7 Å². The highest BCUT2D eigenvalue weighted by Gasteiger charge is 2.38. The van der Waals surface area contributed by atoms with Crippen LogP contribution in [0.15, 0.2) is 16.5 Å². The third-order valence-corrected chi connectivity index (χ3v) is 5.32. The lowest BCUT2D eigenvalue weighted by molar-refractivity contribution is -0.142. The molecule has 1 N–H and O–H groups in total. The molecule has 6 nitrogen and oxygen atoms in total. The molecule has 0 bridgehead atoms. The van der Waals surface area contributed by atoms with Gasteiger partial charge >= 0.3 is 5.97 Å². The van der Waals surface area contributed by atoms with E-state index in [9.17, 15) is 14.7 Å². The molecule has 1 amide bonds. The fraction of sp³-hybridized carbons (Fsp3) is 0.438. The summed E-state index contributed by atoms with van der Waals surface area (Å²) < 4.78 is 5.55. The van der Waals surface area contributed by atoms with Crippen molar-refractivity contribution in [3.05, 3.63) is 28.5 Å². The second-order valence-electron chi connectivity index (χ2n) is 5.98. The largest absolute Gasteiger partial charge is 0.481 e. The molecule has 2 atom stereocenters. The lowest BCUT2D eigenvalue weighted by Crippen LogP contribution is -2.29. The van der Waals surface area contributed by atoms with Crippen LogP contribution < -0.4 is 0 Å². The summed E-state index contributed by atoms with van der Waals surface area (Å²) in [5.74, 6) is -0.104. The zero-order valence-electron chi connectivity index (χ0n) is 13.2. The number of rotatable bonds is 3. The zero-order chi connectivity index (χ0) is 16.7. The maximum atomic E-state index is 12.7. The molecule has 2 aromatic rings. The van der Waals surface area contributed by atoms with Gasteiger partial charge in [-0.3, -0.25) is 9.59 Å². The van der Waals surface area contributed by atoms with Gasteiger partial charge in [-0.15, -0.1) is 11.3 Å². The minimum absolute atomic E-state index is 0.0446. The maximum Gasteiger partial charge on any atom is 0.308 e. The number of amides is 1. The standard InChI is InChI=1S/C16H18N2O4S/c1-8-6-18(7-11(8)16(20)21)15(19)13-10(3)17-14(23-13)12-5-4-9(2)22-12/h4-5,8,11H,6-7H2,1-3H3,(H,20,21)/t8-,11-/m1/s1. The van der Waals surface area contributed by atoms with E-state index < -0.39 is 11.9 Å². The van der Waals surface area contributed by atoms with Crippen LogP contribution in [0.2, 0.25) is 0 Å². The normalized spacial score (nSPS) is 20.9. The molecular formula is C16H18N2O4S. The van der Waals surface area contributed by atoms with Crippen LogP contribution >= 0.6 is 11.3 Å². The van der Waals surface area contributed by atoms with Crippen molar-refractivity contribution in [1.82, 2.24) is 9.88 Å². The lowest BCUT2D eigenvalue weighted by Gasteiger charge is -2.14. The van der Waals surface area contributed by atoms with E-state index in [1.54, 1.807) is 11.8 Å². The fourth-order valence-electron chi connectivity index (χ4n) is 2.85. The number of thiazole rings is 1. The van der Waals surface area contributed by atoms with Crippen LogP contribution in [0.25, 0.3) is 10.8 Å². The summed E-state index contributed by atoms with van der Waals surface area (Å²) in [6.07, 6.45) is 0. The highest BCUT2D eigenvalue weighted by atomic mass is 32.1. The summed E-state index contributed by atoms with van der Waals surface area (Å²) in [7, 11) is 0. The minimum Gasteiger partial charge on any atom is -0.481 e. The smallest absolute Gasteiger partial charge is 0.308 e.